The molecule has 0 heterocycles. The maximum Gasteiger partial charge on any atom is 0.127 e. The maximum atomic E-state index is 5.66. The van der Waals surface area contributed by atoms with Crippen LogP contribution in [0.5, 0.6) is 11.5 Å². The fraction of sp³-hybridized carbons (Fsp3) is 0.0769. The second-order valence-corrected chi connectivity index (χ2v) is 3.64. The van der Waals surface area contributed by atoms with Gasteiger partial charge in [-0.1, -0.05) is 30.3 Å². The molecule has 0 saturated heterocycles. The topological polar surface area (TPSA) is 21.3 Å². The van der Waals surface area contributed by atoms with E-state index >= 15 is 0 Å². The van der Waals surface area contributed by atoms with Crippen molar-refractivity contribution in [1.29, 1.82) is 0 Å². The number of rotatable bonds is 4. The van der Waals surface area contributed by atoms with Gasteiger partial charge in [0, 0.05) is 6.54 Å². The molecule has 0 aliphatic carbocycles. The van der Waals surface area contributed by atoms with Crippen LogP contribution in [0.3, 0.4) is 0 Å². The van der Waals surface area contributed by atoms with Gasteiger partial charge in [-0.25, -0.2) is 4.84 Å². The highest BCUT2D eigenvalue weighted by molar-refractivity contribution is 6.13. The Morgan fingerprint density at radius 1 is 0.875 bits per heavy atom. The Morgan fingerprint density at radius 2 is 1.50 bits per heavy atom. The van der Waals surface area contributed by atoms with Gasteiger partial charge in [0.1, 0.15) is 11.5 Å². The summed E-state index contributed by atoms with van der Waals surface area (Å²) in [6.45, 7) is 0.646. The van der Waals surface area contributed by atoms with Crippen LogP contribution in [0.25, 0.3) is 0 Å². The van der Waals surface area contributed by atoms with Crippen molar-refractivity contribution in [3.63, 3.8) is 0 Å². The normalized spacial score (nSPS) is 10.1. The zero-order chi connectivity index (χ0) is 11.2. The molecule has 0 radical (unpaired) electrons. The van der Waals surface area contributed by atoms with Crippen LogP contribution in [0, 0.1) is 0 Å². The SMILES string of the molecule is ClNCc1ccc(Oc2ccccc2)cc1. The van der Waals surface area contributed by atoms with Crippen molar-refractivity contribution in [2.75, 3.05) is 0 Å². The van der Waals surface area contributed by atoms with E-state index in [4.69, 9.17) is 16.5 Å². The standard InChI is InChI=1S/C13H12ClNO/c14-15-10-11-6-8-13(9-7-11)16-12-4-2-1-3-5-12/h1-9,15H,10H2. The summed E-state index contributed by atoms with van der Waals surface area (Å²) in [6.07, 6.45) is 0. The Hall–Kier alpha value is -1.51. The number of nitrogens with one attached hydrogen (secondary N) is 1. The maximum absolute atomic E-state index is 5.66. The van der Waals surface area contributed by atoms with Crippen molar-refractivity contribution in [3.05, 3.63) is 60.2 Å². The average molecular weight is 234 g/mol. The molecule has 2 aromatic carbocycles. The molecular formula is C13H12ClNO. The lowest BCUT2D eigenvalue weighted by Crippen LogP contribution is -1.97. The van der Waals surface area contributed by atoms with E-state index in [2.05, 4.69) is 4.84 Å². The number of para-hydroxylation sites is 1. The van der Waals surface area contributed by atoms with Crippen molar-refractivity contribution in [3.8, 4) is 11.5 Å². The minimum atomic E-state index is 0.646. The first-order chi connectivity index (χ1) is 7.88. The van der Waals surface area contributed by atoms with Crippen molar-refractivity contribution >= 4 is 11.8 Å². The minimum Gasteiger partial charge on any atom is -0.457 e. The van der Waals surface area contributed by atoms with Gasteiger partial charge < -0.3 is 4.74 Å². The third-order valence-electron chi connectivity index (χ3n) is 2.17. The molecule has 0 atom stereocenters. The van der Waals surface area contributed by atoms with E-state index in [0.717, 1.165) is 17.1 Å². The molecule has 0 saturated carbocycles. The molecule has 2 rings (SSSR count). The van der Waals surface area contributed by atoms with E-state index in [-0.39, 0.29) is 0 Å². The van der Waals surface area contributed by atoms with E-state index in [1.54, 1.807) is 0 Å². The summed E-state index contributed by atoms with van der Waals surface area (Å²) in [5, 5.41) is 0. The number of ether oxygens (including phenoxy) is 1. The largest absolute Gasteiger partial charge is 0.457 e. The summed E-state index contributed by atoms with van der Waals surface area (Å²) in [7, 11) is 0. The van der Waals surface area contributed by atoms with Gasteiger partial charge in [-0.2, -0.15) is 0 Å². The van der Waals surface area contributed by atoms with Crippen molar-refractivity contribution in [2.45, 2.75) is 6.54 Å². The van der Waals surface area contributed by atoms with Crippen molar-refractivity contribution in [1.82, 2.24) is 4.84 Å². The van der Waals surface area contributed by atoms with Gasteiger partial charge in [-0.15, -0.1) is 0 Å². The van der Waals surface area contributed by atoms with E-state index in [9.17, 15) is 0 Å². The molecule has 0 fully saturated rings. The van der Waals surface area contributed by atoms with Crippen LogP contribution in [0.15, 0.2) is 54.6 Å². The predicted molar refractivity (Wildman–Crippen MR) is 65.7 cm³/mol. The molecule has 2 nitrogen and oxygen atoms in total. The first-order valence-corrected chi connectivity index (χ1v) is 5.41. The van der Waals surface area contributed by atoms with Crippen LogP contribution in [-0.4, -0.2) is 0 Å². The molecule has 0 bridgehead atoms. The second-order valence-electron chi connectivity index (χ2n) is 3.37. The number of hydrogen-bond donors (Lipinski definition) is 1. The second kappa shape index (κ2) is 5.54. The fourth-order valence-corrected chi connectivity index (χ4v) is 1.53. The molecule has 2 aromatic rings. The van der Waals surface area contributed by atoms with Gasteiger partial charge in [0.05, 0.1) is 0 Å². The number of benzene rings is 2. The summed E-state index contributed by atoms with van der Waals surface area (Å²) < 4.78 is 5.66. The van der Waals surface area contributed by atoms with Crippen LogP contribution in [0.1, 0.15) is 5.56 Å². The number of hydrogen-bond acceptors (Lipinski definition) is 2. The zero-order valence-corrected chi connectivity index (χ0v) is 9.45. The first-order valence-electron chi connectivity index (χ1n) is 5.04. The summed E-state index contributed by atoms with van der Waals surface area (Å²) in [6, 6.07) is 17.5. The molecule has 1 N–H and O–H groups in total. The highest BCUT2D eigenvalue weighted by Crippen LogP contribution is 2.20. The number of halogens is 1. The smallest absolute Gasteiger partial charge is 0.127 e. The molecule has 0 unspecified atom stereocenters. The molecule has 0 aliphatic rings. The lowest BCUT2D eigenvalue weighted by atomic mass is 10.2. The zero-order valence-electron chi connectivity index (χ0n) is 8.69. The van der Waals surface area contributed by atoms with E-state index in [0.29, 0.717) is 6.54 Å². The van der Waals surface area contributed by atoms with Gasteiger partial charge in [0.2, 0.25) is 0 Å². The molecule has 0 aromatic heterocycles. The quantitative estimate of drug-likeness (QED) is 0.813. The molecule has 82 valence electrons. The van der Waals surface area contributed by atoms with Crippen LogP contribution in [0.4, 0.5) is 0 Å². The molecule has 3 heteroatoms. The van der Waals surface area contributed by atoms with Crippen molar-refractivity contribution < 1.29 is 4.74 Å². The highest BCUT2D eigenvalue weighted by atomic mass is 35.5. The van der Waals surface area contributed by atoms with Crippen LogP contribution in [-0.2, 0) is 6.54 Å². The monoisotopic (exact) mass is 233 g/mol. The molecular weight excluding hydrogens is 222 g/mol. The summed E-state index contributed by atoms with van der Waals surface area (Å²) in [5.41, 5.74) is 1.12. The minimum absolute atomic E-state index is 0.646. The molecule has 0 amide bonds. The molecule has 0 spiro atoms. The van der Waals surface area contributed by atoms with E-state index < -0.39 is 0 Å². The van der Waals surface area contributed by atoms with Gasteiger partial charge in [-0.3, -0.25) is 0 Å². The predicted octanol–water partition coefficient (Wildman–Crippen LogP) is 3.72. The molecule has 0 aliphatic heterocycles. The Kier molecular flexibility index (Phi) is 3.81. The van der Waals surface area contributed by atoms with E-state index in [1.807, 2.05) is 54.6 Å². The summed E-state index contributed by atoms with van der Waals surface area (Å²) in [4.78, 5) is 2.58. The summed E-state index contributed by atoms with van der Waals surface area (Å²) in [5.74, 6) is 1.66. The van der Waals surface area contributed by atoms with Gasteiger partial charge >= 0.3 is 0 Å². The Morgan fingerprint density at radius 3 is 2.12 bits per heavy atom. The lowest BCUT2D eigenvalue weighted by Gasteiger charge is -2.06. The third kappa shape index (κ3) is 2.99. The highest BCUT2D eigenvalue weighted by Gasteiger charge is 1.96. The fourth-order valence-electron chi connectivity index (χ4n) is 1.38. The van der Waals surface area contributed by atoms with Crippen molar-refractivity contribution in [2.24, 2.45) is 0 Å². The van der Waals surface area contributed by atoms with Crippen LogP contribution < -0.4 is 9.57 Å². The Bertz CT molecular complexity index is 427. The van der Waals surface area contributed by atoms with Gasteiger partial charge in [0.15, 0.2) is 0 Å². The van der Waals surface area contributed by atoms with Crippen LogP contribution in [0.2, 0.25) is 0 Å². The van der Waals surface area contributed by atoms with Gasteiger partial charge in [0.25, 0.3) is 0 Å². The van der Waals surface area contributed by atoms with Crippen LogP contribution >= 0.6 is 11.8 Å². The Labute approximate surface area is 99.9 Å². The summed E-state index contributed by atoms with van der Waals surface area (Å²) >= 11 is 5.42. The van der Waals surface area contributed by atoms with Gasteiger partial charge in [-0.05, 0) is 41.6 Å². The first kappa shape index (κ1) is 11.0. The average Bonchev–Trinajstić information content (AvgIpc) is 2.33. The lowest BCUT2D eigenvalue weighted by molar-refractivity contribution is 0.482. The molecule has 16 heavy (non-hydrogen) atoms. The third-order valence-corrected chi connectivity index (χ3v) is 2.31. The Balaban J connectivity index is 2.05. The van der Waals surface area contributed by atoms with E-state index in [1.165, 1.54) is 0 Å².